The van der Waals surface area contributed by atoms with Crippen molar-refractivity contribution < 1.29 is 19.5 Å². The zero-order valence-electron chi connectivity index (χ0n) is 16.7. The number of carbonyl (C=O) groups is 3. The largest absolute Gasteiger partial charge is 0.481 e. The first-order chi connectivity index (χ1) is 14.0. The number of carboxylic acid groups (broad SMARTS) is 1. The molecule has 2 amide bonds. The Balaban J connectivity index is 1.61. The maximum atomic E-state index is 13.0. The van der Waals surface area contributed by atoms with Crippen molar-refractivity contribution in [3.8, 4) is 0 Å². The average molecular weight is 417 g/mol. The molecule has 0 spiro atoms. The Bertz CT molecular complexity index is 855. The molecule has 0 unspecified atom stereocenters. The number of thiophene rings is 1. The monoisotopic (exact) mass is 416 g/mol. The summed E-state index contributed by atoms with van der Waals surface area (Å²) in [6, 6.07) is 0.244. The molecule has 1 heterocycles. The highest BCUT2D eigenvalue weighted by molar-refractivity contribution is 7.17. The third-order valence-corrected chi connectivity index (χ3v) is 7.58. The fourth-order valence-corrected chi connectivity index (χ4v) is 5.76. The summed E-state index contributed by atoms with van der Waals surface area (Å²) >= 11 is 1.50. The van der Waals surface area contributed by atoms with E-state index < -0.39 is 17.8 Å². The van der Waals surface area contributed by atoms with Gasteiger partial charge in [-0.1, -0.05) is 25.5 Å². The second-order valence-corrected chi connectivity index (χ2v) is 9.56. The first-order valence-corrected chi connectivity index (χ1v) is 11.4. The topological polar surface area (TPSA) is 95.5 Å². The maximum Gasteiger partial charge on any atom is 0.307 e. The van der Waals surface area contributed by atoms with Crippen LogP contribution in [0, 0.1) is 17.8 Å². The number of amides is 2. The Hall–Kier alpha value is -2.15. The van der Waals surface area contributed by atoms with E-state index in [0.717, 1.165) is 44.1 Å². The Labute approximate surface area is 174 Å². The molecule has 0 aliphatic heterocycles. The van der Waals surface area contributed by atoms with Crippen LogP contribution in [0.5, 0.6) is 0 Å². The van der Waals surface area contributed by atoms with E-state index in [1.807, 2.05) is 12.2 Å². The Morgan fingerprint density at radius 2 is 1.86 bits per heavy atom. The highest BCUT2D eigenvalue weighted by Crippen LogP contribution is 2.41. The first-order valence-electron chi connectivity index (χ1n) is 10.6. The lowest BCUT2D eigenvalue weighted by Crippen LogP contribution is -2.35. The standard InChI is InChI=1S/C22H28N2O4S/c1-2-12-7-10-16-17(11-12)29-21(18(16)20(26)23-13-8-9-13)24-19(25)14-5-3-4-6-15(14)22(27)28/h3-4,12-15H,2,5-11H2,1H3,(H,23,26)(H,24,25)(H,27,28)/t12-,14-,15-/m1/s1. The molecule has 1 aromatic heterocycles. The zero-order chi connectivity index (χ0) is 20.5. The Kier molecular flexibility index (Phi) is 5.76. The van der Waals surface area contributed by atoms with Gasteiger partial charge < -0.3 is 15.7 Å². The van der Waals surface area contributed by atoms with Crippen LogP contribution in [0.1, 0.15) is 66.2 Å². The van der Waals surface area contributed by atoms with E-state index in [0.29, 0.717) is 29.3 Å². The summed E-state index contributed by atoms with van der Waals surface area (Å²) in [4.78, 5) is 38.7. The van der Waals surface area contributed by atoms with Gasteiger partial charge in [0.1, 0.15) is 5.00 Å². The lowest BCUT2D eigenvalue weighted by atomic mass is 9.82. The normalized spacial score (nSPS) is 25.9. The predicted molar refractivity (Wildman–Crippen MR) is 112 cm³/mol. The number of rotatable bonds is 6. The molecule has 6 nitrogen and oxygen atoms in total. The first kappa shape index (κ1) is 20.1. The molecule has 0 saturated heterocycles. The van der Waals surface area contributed by atoms with Crippen molar-refractivity contribution in [2.75, 3.05) is 5.32 Å². The molecule has 3 atom stereocenters. The van der Waals surface area contributed by atoms with Crippen LogP contribution in [-0.4, -0.2) is 28.9 Å². The quantitative estimate of drug-likeness (QED) is 0.615. The molecule has 0 bridgehead atoms. The van der Waals surface area contributed by atoms with Crippen molar-refractivity contribution in [1.82, 2.24) is 5.32 Å². The number of fused-ring (bicyclic) bond motifs is 1. The van der Waals surface area contributed by atoms with Gasteiger partial charge >= 0.3 is 5.97 Å². The number of allylic oxidation sites excluding steroid dienone is 2. The summed E-state index contributed by atoms with van der Waals surface area (Å²) in [7, 11) is 0. The molecule has 3 aliphatic carbocycles. The molecule has 7 heteroatoms. The van der Waals surface area contributed by atoms with Crippen LogP contribution in [0.2, 0.25) is 0 Å². The van der Waals surface area contributed by atoms with E-state index in [1.54, 1.807) is 0 Å². The molecule has 3 N–H and O–H groups in total. The van der Waals surface area contributed by atoms with Gasteiger partial charge in [-0.05, 0) is 56.4 Å². The summed E-state index contributed by atoms with van der Waals surface area (Å²) in [5.74, 6) is -2.06. The lowest BCUT2D eigenvalue weighted by molar-refractivity contribution is -0.146. The molecule has 1 saturated carbocycles. The van der Waals surface area contributed by atoms with Crippen LogP contribution >= 0.6 is 11.3 Å². The lowest BCUT2D eigenvalue weighted by Gasteiger charge is -2.24. The summed E-state index contributed by atoms with van der Waals surface area (Å²) in [6.07, 6.45) is 10.5. The molecule has 0 aromatic carbocycles. The van der Waals surface area contributed by atoms with Gasteiger partial charge in [-0.2, -0.15) is 0 Å². The Morgan fingerprint density at radius 1 is 1.14 bits per heavy atom. The van der Waals surface area contributed by atoms with Crippen molar-refractivity contribution in [1.29, 1.82) is 0 Å². The van der Waals surface area contributed by atoms with Crippen LogP contribution in [0.4, 0.5) is 5.00 Å². The van der Waals surface area contributed by atoms with Crippen molar-refractivity contribution in [2.24, 2.45) is 17.8 Å². The van der Waals surface area contributed by atoms with Crippen LogP contribution < -0.4 is 10.6 Å². The number of anilines is 1. The minimum atomic E-state index is -0.947. The van der Waals surface area contributed by atoms with Crippen LogP contribution in [0.25, 0.3) is 0 Å². The van der Waals surface area contributed by atoms with Crippen molar-refractivity contribution in [3.05, 3.63) is 28.2 Å². The molecule has 156 valence electrons. The number of hydrogen-bond acceptors (Lipinski definition) is 4. The van der Waals surface area contributed by atoms with Gasteiger partial charge in [-0.25, -0.2) is 0 Å². The minimum absolute atomic E-state index is 0.103. The SMILES string of the molecule is CC[C@@H]1CCc2c(sc(NC(=O)[C@@H]3CC=CC[C@H]3C(=O)O)c2C(=O)NC2CC2)C1. The fraction of sp³-hybridized carbons (Fsp3) is 0.591. The zero-order valence-corrected chi connectivity index (χ0v) is 17.5. The fourth-order valence-electron chi connectivity index (χ4n) is 4.40. The Morgan fingerprint density at radius 3 is 2.52 bits per heavy atom. The van der Waals surface area contributed by atoms with E-state index >= 15 is 0 Å². The van der Waals surface area contributed by atoms with Gasteiger partial charge in [-0.15, -0.1) is 11.3 Å². The van der Waals surface area contributed by atoms with Crippen LogP contribution in [0.3, 0.4) is 0 Å². The maximum absolute atomic E-state index is 13.0. The summed E-state index contributed by atoms with van der Waals surface area (Å²) in [6.45, 7) is 2.19. The van der Waals surface area contributed by atoms with E-state index in [1.165, 1.54) is 16.2 Å². The predicted octanol–water partition coefficient (Wildman–Crippen LogP) is 3.76. The van der Waals surface area contributed by atoms with E-state index in [2.05, 4.69) is 17.6 Å². The number of nitrogens with one attached hydrogen (secondary N) is 2. The molecule has 0 radical (unpaired) electrons. The molecule has 1 aromatic rings. The van der Waals surface area contributed by atoms with E-state index in [4.69, 9.17) is 0 Å². The van der Waals surface area contributed by atoms with E-state index in [-0.39, 0.29) is 17.9 Å². The van der Waals surface area contributed by atoms with Crippen LogP contribution in [0.15, 0.2) is 12.2 Å². The van der Waals surface area contributed by atoms with Gasteiger partial charge in [0.05, 0.1) is 17.4 Å². The number of carbonyl (C=O) groups excluding carboxylic acids is 2. The van der Waals surface area contributed by atoms with Crippen molar-refractivity contribution in [2.45, 2.75) is 64.3 Å². The van der Waals surface area contributed by atoms with Gasteiger partial charge in [0, 0.05) is 10.9 Å². The highest BCUT2D eigenvalue weighted by Gasteiger charge is 2.36. The van der Waals surface area contributed by atoms with E-state index in [9.17, 15) is 19.5 Å². The minimum Gasteiger partial charge on any atom is -0.481 e. The second kappa shape index (κ2) is 8.30. The molecule has 1 fully saturated rings. The number of hydrogen-bond donors (Lipinski definition) is 3. The van der Waals surface area contributed by atoms with Gasteiger partial charge in [0.15, 0.2) is 0 Å². The average Bonchev–Trinajstić information content (AvgIpc) is 3.45. The van der Waals surface area contributed by atoms with Gasteiger partial charge in [0.25, 0.3) is 5.91 Å². The molecule has 4 rings (SSSR count). The van der Waals surface area contributed by atoms with Crippen LogP contribution in [-0.2, 0) is 22.4 Å². The van der Waals surface area contributed by atoms with Gasteiger partial charge in [-0.3, -0.25) is 14.4 Å². The molecule has 29 heavy (non-hydrogen) atoms. The number of carboxylic acids is 1. The van der Waals surface area contributed by atoms with Crippen molar-refractivity contribution >= 4 is 34.1 Å². The summed E-state index contributed by atoms with van der Waals surface area (Å²) in [5, 5.41) is 16.1. The highest BCUT2D eigenvalue weighted by atomic mass is 32.1. The van der Waals surface area contributed by atoms with Gasteiger partial charge in [0.2, 0.25) is 5.91 Å². The smallest absolute Gasteiger partial charge is 0.307 e. The summed E-state index contributed by atoms with van der Waals surface area (Å²) < 4.78 is 0. The molecular weight excluding hydrogens is 388 g/mol. The molecular formula is C22H28N2O4S. The molecule has 3 aliphatic rings. The second-order valence-electron chi connectivity index (χ2n) is 8.46. The van der Waals surface area contributed by atoms with Crippen molar-refractivity contribution in [3.63, 3.8) is 0 Å². The third kappa shape index (κ3) is 4.25. The third-order valence-electron chi connectivity index (χ3n) is 6.41. The summed E-state index contributed by atoms with van der Waals surface area (Å²) in [5.41, 5.74) is 1.68. The number of aliphatic carboxylic acids is 1.